The molecule has 1 aromatic carbocycles. The van der Waals surface area contributed by atoms with Gasteiger partial charge in [-0.2, -0.15) is 0 Å². The molecule has 0 fully saturated rings. The van der Waals surface area contributed by atoms with Gasteiger partial charge in [0.1, 0.15) is 17.5 Å². The van der Waals surface area contributed by atoms with Gasteiger partial charge in [-0.3, -0.25) is 10.1 Å². The SMILES string of the molecule is CCCC[C@H](Nc1ccc(F)cc1[N+](=O)[O-])C(=O)O. The maximum absolute atomic E-state index is 13.0. The summed E-state index contributed by atoms with van der Waals surface area (Å²) in [4.78, 5) is 21.1. The van der Waals surface area contributed by atoms with Crippen LogP contribution in [0.15, 0.2) is 18.2 Å². The number of carboxylic acid groups (broad SMARTS) is 1. The molecule has 6 nitrogen and oxygen atoms in total. The van der Waals surface area contributed by atoms with Crippen LogP contribution in [0.1, 0.15) is 26.2 Å². The molecule has 1 atom stereocenters. The van der Waals surface area contributed by atoms with Gasteiger partial charge in [-0.05, 0) is 18.6 Å². The van der Waals surface area contributed by atoms with Gasteiger partial charge in [0, 0.05) is 0 Å². The van der Waals surface area contributed by atoms with E-state index in [2.05, 4.69) is 5.32 Å². The molecule has 0 saturated heterocycles. The number of carbonyl (C=O) groups is 1. The molecular formula is C12H15FN2O4. The smallest absolute Gasteiger partial charge is 0.326 e. The Bertz CT molecular complexity index is 479. The van der Waals surface area contributed by atoms with Crippen molar-refractivity contribution in [2.24, 2.45) is 0 Å². The molecule has 0 spiro atoms. The Labute approximate surface area is 109 Å². The molecular weight excluding hydrogens is 255 g/mol. The number of hydrogen-bond acceptors (Lipinski definition) is 4. The summed E-state index contributed by atoms with van der Waals surface area (Å²) >= 11 is 0. The number of benzene rings is 1. The molecule has 0 saturated carbocycles. The second-order valence-corrected chi connectivity index (χ2v) is 4.10. The number of nitro groups is 1. The highest BCUT2D eigenvalue weighted by atomic mass is 19.1. The van der Waals surface area contributed by atoms with Gasteiger partial charge in [-0.15, -0.1) is 0 Å². The highest BCUT2D eigenvalue weighted by Crippen LogP contribution is 2.26. The normalized spacial score (nSPS) is 11.9. The predicted molar refractivity (Wildman–Crippen MR) is 67.6 cm³/mol. The van der Waals surface area contributed by atoms with Crippen LogP contribution in [0, 0.1) is 15.9 Å². The minimum atomic E-state index is -1.09. The van der Waals surface area contributed by atoms with Crippen LogP contribution < -0.4 is 5.32 Å². The lowest BCUT2D eigenvalue weighted by Crippen LogP contribution is -2.29. The first-order chi connectivity index (χ1) is 8.95. The van der Waals surface area contributed by atoms with Gasteiger partial charge in [0.2, 0.25) is 0 Å². The van der Waals surface area contributed by atoms with E-state index in [1.165, 1.54) is 6.07 Å². The van der Waals surface area contributed by atoms with E-state index in [4.69, 9.17) is 5.11 Å². The van der Waals surface area contributed by atoms with Crippen molar-refractivity contribution in [1.29, 1.82) is 0 Å². The summed E-state index contributed by atoms with van der Waals surface area (Å²) in [7, 11) is 0. The first kappa shape index (κ1) is 14.9. The van der Waals surface area contributed by atoms with Crippen LogP contribution in [-0.2, 0) is 4.79 Å². The highest BCUT2D eigenvalue weighted by Gasteiger charge is 2.22. The van der Waals surface area contributed by atoms with Gasteiger partial charge in [-0.25, -0.2) is 9.18 Å². The van der Waals surface area contributed by atoms with Gasteiger partial charge in [0.15, 0.2) is 0 Å². The molecule has 0 aliphatic carbocycles. The molecule has 0 heterocycles. The van der Waals surface area contributed by atoms with Crippen molar-refractivity contribution < 1.29 is 19.2 Å². The molecule has 0 aliphatic heterocycles. The number of nitrogens with zero attached hydrogens (tertiary/aromatic N) is 1. The lowest BCUT2D eigenvalue weighted by molar-refractivity contribution is -0.384. The van der Waals surface area contributed by atoms with Crippen molar-refractivity contribution in [1.82, 2.24) is 0 Å². The molecule has 1 aromatic rings. The molecule has 2 N–H and O–H groups in total. The van der Waals surface area contributed by atoms with Crippen LogP contribution in [0.4, 0.5) is 15.8 Å². The van der Waals surface area contributed by atoms with E-state index in [9.17, 15) is 19.3 Å². The van der Waals surface area contributed by atoms with E-state index < -0.39 is 28.4 Å². The first-order valence-corrected chi connectivity index (χ1v) is 5.89. The van der Waals surface area contributed by atoms with E-state index in [1.807, 2.05) is 6.92 Å². The number of unbranched alkanes of at least 4 members (excludes halogenated alkanes) is 1. The van der Waals surface area contributed by atoms with Crippen LogP contribution in [0.3, 0.4) is 0 Å². The van der Waals surface area contributed by atoms with Crippen molar-refractivity contribution in [3.8, 4) is 0 Å². The summed E-state index contributed by atoms with van der Waals surface area (Å²) in [6, 6.07) is 2.06. The van der Waals surface area contributed by atoms with Crippen molar-refractivity contribution in [2.45, 2.75) is 32.2 Å². The zero-order valence-corrected chi connectivity index (χ0v) is 10.4. The Balaban J connectivity index is 2.95. The summed E-state index contributed by atoms with van der Waals surface area (Å²) in [5.74, 6) is -1.83. The average molecular weight is 270 g/mol. The molecule has 7 heteroatoms. The Kier molecular flexibility index (Phi) is 5.23. The monoisotopic (exact) mass is 270 g/mol. The summed E-state index contributed by atoms with van der Waals surface area (Å²) in [5.41, 5.74) is -0.461. The zero-order valence-electron chi connectivity index (χ0n) is 10.4. The van der Waals surface area contributed by atoms with E-state index >= 15 is 0 Å². The number of anilines is 1. The third kappa shape index (κ3) is 4.20. The number of halogens is 1. The summed E-state index contributed by atoms with van der Waals surface area (Å²) in [6.45, 7) is 1.92. The molecule has 0 radical (unpaired) electrons. The van der Waals surface area contributed by atoms with Crippen molar-refractivity contribution >= 4 is 17.3 Å². The molecule has 0 amide bonds. The van der Waals surface area contributed by atoms with Gasteiger partial charge in [0.05, 0.1) is 11.0 Å². The van der Waals surface area contributed by atoms with Crippen LogP contribution in [0.25, 0.3) is 0 Å². The second kappa shape index (κ2) is 6.67. The Morgan fingerprint density at radius 2 is 2.26 bits per heavy atom. The molecule has 104 valence electrons. The van der Waals surface area contributed by atoms with Crippen LogP contribution in [0.2, 0.25) is 0 Å². The number of carboxylic acids is 1. The van der Waals surface area contributed by atoms with Crippen LogP contribution in [-0.4, -0.2) is 22.0 Å². The van der Waals surface area contributed by atoms with Gasteiger partial charge >= 0.3 is 5.97 Å². The number of aliphatic carboxylic acids is 1. The third-order valence-electron chi connectivity index (χ3n) is 2.63. The third-order valence-corrected chi connectivity index (χ3v) is 2.63. The minimum Gasteiger partial charge on any atom is -0.480 e. The fourth-order valence-corrected chi connectivity index (χ4v) is 1.63. The fourth-order valence-electron chi connectivity index (χ4n) is 1.63. The van der Waals surface area contributed by atoms with E-state index in [1.54, 1.807) is 0 Å². The highest BCUT2D eigenvalue weighted by molar-refractivity contribution is 5.78. The standard InChI is InChI=1S/C12H15FN2O4/c1-2-3-4-10(12(16)17)14-9-6-5-8(13)7-11(9)15(18)19/h5-7,10,14H,2-4H2,1H3,(H,16,17)/t10-/m0/s1. The Morgan fingerprint density at radius 1 is 1.58 bits per heavy atom. The molecule has 0 bridgehead atoms. The molecule has 19 heavy (non-hydrogen) atoms. The van der Waals surface area contributed by atoms with Gasteiger partial charge in [0.25, 0.3) is 5.69 Å². The minimum absolute atomic E-state index is 0.00917. The van der Waals surface area contributed by atoms with Crippen molar-refractivity contribution in [2.75, 3.05) is 5.32 Å². The molecule has 0 unspecified atom stereocenters. The van der Waals surface area contributed by atoms with Gasteiger partial charge < -0.3 is 10.4 Å². The number of nitro benzene ring substituents is 1. The van der Waals surface area contributed by atoms with Gasteiger partial charge in [-0.1, -0.05) is 19.8 Å². The van der Waals surface area contributed by atoms with E-state index in [0.717, 1.165) is 18.6 Å². The Morgan fingerprint density at radius 3 is 2.79 bits per heavy atom. The second-order valence-electron chi connectivity index (χ2n) is 4.10. The predicted octanol–water partition coefficient (Wildman–Crippen LogP) is 2.79. The topological polar surface area (TPSA) is 92.5 Å². The van der Waals surface area contributed by atoms with Crippen molar-refractivity contribution in [3.63, 3.8) is 0 Å². The summed E-state index contributed by atoms with van der Waals surface area (Å²) < 4.78 is 13.0. The number of nitrogens with one attached hydrogen (secondary N) is 1. The van der Waals surface area contributed by atoms with Crippen LogP contribution >= 0.6 is 0 Å². The zero-order chi connectivity index (χ0) is 14.4. The molecule has 0 aliphatic rings. The largest absolute Gasteiger partial charge is 0.480 e. The molecule has 0 aromatic heterocycles. The number of hydrogen-bond donors (Lipinski definition) is 2. The molecule has 1 rings (SSSR count). The Hall–Kier alpha value is -2.18. The summed E-state index contributed by atoms with van der Waals surface area (Å²) in [5, 5.41) is 22.4. The summed E-state index contributed by atoms with van der Waals surface area (Å²) in [6.07, 6.45) is 1.84. The van der Waals surface area contributed by atoms with E-state index in [-0.39, 0.29) is 5.69 Å². The quantitative estimate of drug-likeness (QED) is 0.587. The first-order valence-electron chi connectivity index (χ1n) is 5.89. The fraction of sp³-hybridized carbons (Fsp3) is 0.417. The average Bonchev–Trinajstić information content (AvgIpc) is 2.35. The van der Waals surface area contributed by atoms with Crippen LogP contribution in [0.5, 0.6) is 0 Å². The number of rotatable bonds is 7. The maximum atomic E-state index is 13.0. The van der Waals surface area contributed by atoms with E-state index in [0.29, 0.717) is 12.8 Å². The lowest BCUT2D eigenvalue weighted by Gasteiger charge is -2.15. The lowest BCUT2D eigenvalue weighted by atomic mass is 10.1. The van der Waals surface area contributed by atoms with Crippen molar-refractivity contribution in [3.05, 3.63) is 34.1 Å². The maximum Gasteiger partial charge on any atom is 0.326 e.